The maximum absolute atomic E-state index is 12.5. The Bertz CT molecular complexity index is 1180. The van der Waals surface area contributed by atoms with Crippen molar-refractivity contribution in [2.75, 3.05) is 10.6 Å². The van der Waals surface area contributed by atoms with Crippen LogP contribution in [0.5, 0.6) is 0 Å². The molecule has 0 radical (unpaired) electrons. The van der Waals surface area contributed by atoms with E-state index in [1.807, 2.05) is 24.3 Å². The number of rotatable bonds is 4. The lowest BCUT2D eigenvalue weighted by atomic mass is 10.2. The molecule has 0 spiro atoms. The number of anilines is 2. The van der Waals surface area contributed by atoms with E-state index in [1.54, 1.807) is 24.3 Å². The van der Waals surface area contributed by atoms with Crippen molar-refractivity contribution >= 4 is 60.9 Å². The highest BCUT2D eigenvalue weighted by Gasteiger charge is 2.13. The number of fused-ring (bicyclic) bond motifs is 2. The number of nitrogens with zero attached hydrogens (tertiary/aromatic N) is 1. The first kappa shape index (κ1) is 16.9. The van der Waals surface area contributed by atoms with Crippen LogP contribution < -0.4 is 10.6 Å². The third-order valence-corrected chi connectivity index (χ3v) is 4.89. The van der Waals surface area contributed by atoms with E-state index in [0.29, 0.717) is 22.0 Å². The highest BCUT2D eigenvalue weighted by molar-refractivity contribution is 7.22. The summed E-state index contributed by atoms with van der Waals surface area (Å²) in [6.45, 7) is 1.21. The van der Waals surface area contributed by atoms with Crippen molar-refractivity contribution in [1.29, 1.82) is 0 Å². The molecular formula is C19H14N4O3S. The molecule has 4 aromatic rings. The molecule has 0 saturated heterocycles. The van der Waals surface area contributed by atoms with Gasteiger partial charge in [0, 0.05) is 23.5 Å². The normalized spacial score (nSPS) is 10.9. The fourth-order valence-corrected chi connectivity index (χ4v) is 3.54. The van der Waals surface area contributed by atoms with Crippen LogP contribution in [0, 0.1) is 0 Å². The zero-order valence-corrected chi connectivity index (χ0v) is 15.0. The predicted octanol–water partition coefficient (Wildman–Crippen LogP) is 3.56. The van der Waals surface area contributed by atoms with Gasteiger partial charge in [0.15, 0.2) is 5.13 Å². The number of carbonyl (C=O) groups excluding carboxylic acids is 3. The number of aromatic amines is 1. The van der Waals surface area contributed by atoms with Crippen LogP contribution in [0.25, 0.3) is 21.1 Å². The van der Waals surface area contributed by atoms with Crippen LogP contribution in [0.15, 0.2) is 48.5 Å². The van der Waals surface area contributed by atoms with E-state index in [9.17, 15) is 14.4 Å². The number of Topliss-reactive ketones (excluding diaryl/α,β-unsaturated/α-hetero) is 1. The highest BCUT2D eigenvalue weighted by atomic mass is 32.1. The summed E-state index contributed by atoms with van der Waals surface area (Å²) in [7, 11) is 0. The van der Waals surface area contributed by atoms with Gasteiger partial charge in [-0.05, 0) is 30.3 Å². The Morgan fingerprint density at radius 3 is 2.63 bits per heavy atom. The van der Waals surface area contributed by atoms with Crippen molar-refractivity contribution < 1.29 is 14.4 Å². The topological polar surface area (TPSA) is 104 Å². The number of amides is 2. The molecule has 0 fully saturated rings. The van der Waals surface area contributed by atoms with Crippen LogP contribution >= 0.6 is 11.3 Å². The Balaban J connectivity index is 1.55. The Labute approximate surface area is 157 Å². The lowest BCUT2D eigenvalue weighted by Gasteiger charge is -2.01. The molecule has 0 aliphatic carbocycles. The van der Waals surface area contributed by atoms with Crippen LogP contribution in [-0.2, 0) is 9.59 Å². The molecule has 0 aliphatic rings. The molecule has 2 amide bonds. The summed E-state index contributed by atoms with van der Waals surface area (Å²) < 4.78 is 0.781. The van der Waals surface area contributed by atoms with Crippen molar-refractivity contribution in [1.82, 2.24) is 9.97 Å². The summed E-state index contributed by atoms with van der Waals surface area (Å²) in [6, 6.07) is 14.5. The molecule has 4 rings (SSSR count). The van der Waals surface area contributed by atoms with Gasteiger partial charge in [-0.25, -0.2) is 4.98 Å². The van der Waals surface area contributed by atoms with Crippen LogP contribution in [0.2, 0.25) is 0 Å². The number of H-pyrrole nitrogens is 1. The summed E-state index contributed by atoms with van der Waals surface area (Å²) in [6.07, 6.45) is 0. The molecule has 2 aromatic heterocycles. The predicted molar refractivity (Wildman–Crippen MR) is 105 cm³/mol. The average molecular weight is 378 g/mol. The van der Waals surface area contributed by atoms with Gasteiger partial charge in [-0.3, -0.25) is 19.7 Å². The summed E-state index contributed by atoms with van der Waals surface area (Å²) in [5.41, 5.74) is 2.52. The molecule has 0 bridgehead atoms. The first-order chi connectivity index (χ1) is 13.0. The zero-order chi connectivity index (χ0) is 19.0. The van der Waals surface area contributed by atoms with Gasteiger partial charge >= 0.3 is 0 Å². The fraction of sp³-hybridized carbons (Fsp3) is 0.0526. The van der Waals surface area contributed by atoms with Crippen LogP contribution in [-0.4, -0.2) is 27.6 Å². The number of aromatic nitrogens is 2. The van der Waals surface area contributed by atoms with Gasteiger partial charge in [-0.15, -0.1) is 0 Å². The van der Waals surface area contributed by atoms with E-state index >= 15 is 0 Å². The molecule has 0 saturated carbocycles. The van der Waals surface area contributed by atoms with Gasteiger partial charge in [0.2, 0.25) is 5.78 Å². The molecule has 0 unspecified atom stereocenters. The highest BCUT2D eigenvalue weighted by Crippen LogP contribution is 2.29. The van der Waals surface area contributed by atoms with E-state index in [0.717, 1.165) is 15.6 Å². The third kappa shape index (κ3) is 3.42. The number of nitrogens with one attached hydrogen (secondary N) is 3. The minimum Gasteiger partial charge on any atom is -0.351 e. The van der Waals surface area contributed by atoms with Crippen molar-refractivity contribution in [3.05, 3.63) is 54.2 Å². The lowest BCUT2D eigenvalue weighted by Crippen LogP contribution is -2.19. The summed E-state index contributed by atoms with van der Waals surface area (Å²) in [4.78, 5) is 42.5. The average Bonchev–Trinajstić information content (AvgIpc) is 3.24. The van der Waals surface area contributed by atoms with Crippen LogP contribution in [0.3, 0.4) is 0 Å². The second-order valence-corrected chi connectivity index (χ2v) is 6.97. The van der Waals surface area contributed by atoms with Crippen molar-refractivity contribution in [2.24, 2.45) is 0 Å². The largest absolute Gasteiger partial charge is 0.351 e. The monoisotopic (exact) mass is 378 g/mol. The smallest absolute Gasteiger partial charge is 0.291 e. The van der Waals surface area contributed by atoms with E-state index < -0.39 is 11.7 Å². The van der Waals surface area contributed by atoms with Gasteiger partial charge in [-0.1, -0.05) is 29.5 Å². The minimum absolute atomic E-state index is 0.282. The standard InChI is InChI=1S/C19H14N4O3S/c1-10(24)17(25)20-12-6-7-14-16(9-12)27-19(22-14)23-18(26)15-8-11-4-2-3-5-13(11)21-15/h2-9,21H,1H3,(H,20,25)(H,22,23,26). The van der Waals surface area contributed by atoms with Crippen molar-refractivity contribution in [2.45, 2.75) is 6.92 Å². The second kappa shape index (κ2) is 6.65. The molecule has 8 heteroatoms. The fourth-order valence-electron chi connectivity index (χ4n) is 2.64. The molecule has 2 heterocycles. The number of hydrogen-bond donors (Lipinski definition) is 3. The van der Waals surface area contributed by atoms with Gasteiger partial charge in [-0.2, -0.15) is 0 Å². The van der Waals surface area contributed by atoms with Gasteiger partial charge in [0.05, 0.1) is 10.2 Å². The lowest BCUT2D eigenvalue weighted by molar-refractivity contribution is -0.133. The first-order valence-electron chi connectivity index (χ1n) is 8.11. The first-order valence-corrected chi connectivity index (χ1v) is 8.93. The molecule has 2 aromatic carbocycles. The van der Waals surface area contributed by atoms with E-state index in [2.05, 4.69) is 20.6 Å². The zero-order valence-electron chi connectivity index (χ0n) is 14.2. The number of carbonyl (C=O) groups is 3. The second-order valence-electron chi connectivity index (χ2n) is 5.94. The van der Waals surface area contributed by atoms with Gasteiger partial charge < -0.3 is 10.3 Å². The number of para-hydroxylation sites is 1. The number of benzene rings is 2. The quantitative estimate of drug-likeness (QED) is 0.472. The van der Waals surface area contributed by atoms with Crippen molar-refractivity contribution in [3.63, 3.8) is 0 Å². The summed E-state index contributed by atoms with van der Waals surface area (Å²) >= 11 is 1.28. The molecule has 27 heavy (non-hydrogen) atoms. The maximum atomic E-state index is 12.5. The molecule has 3 N–H and O–H groups in total. The number of thiazole rings is 1. The van der Waals surface area contributed by atoms with E-state index in [4.69, 9.17) is 0 Å². The van der Waals surface area contributed by atoms with E-state index in [1.165, 1.54) is 18.3 Å². The maximum Gasteiger partial charge on any atom is 0.291 e. The SMILES string of the molecule is CC(=O)C(=O)Nc1ccc2nc(NC(=O)c3cc4ccccc4[nH]3)sc2c1. The minimum atomic E-state index is -0.675. The molecule has 7 nitrogen and oxygen atoms in total. The van der Waals surface area contributed by atoms with Crippen molar-refractivity contribution in [3.8, 4) is 0 Å². The van der Waals surface area contributed by atoms with Gasteiger partial charge in [0.25, 0.3) is 11.8 Å². The van der Waals surface area contributed by atoms with E-state index in [-0.39, 0.29) is 5.91 Å². The summed E-state index contributed by atoms with van der Waals surface area (Å²) in [5, 5.41) is 6.71. The number of hydrogen-bond acceptors (Lipinski definition) is 5. The molecule has 0 aliphatic heterocycles. The van der Waals surface area contributed by atoms with Crippen LogP contribution in [0.1, 0.15) is 17.4 Å². The van der Waals surface area contributed by atoms with Gasteiger partial charge in [0.1, 0.15) is 5.69 Å². The Hall–Kier alpha value is -3.52. The Morgan fingerprint density at radius 2 is 1.85 bits per heavy atom. The molecular weight excluding hydrogens is 364 g/mol. The molecule has 0 atom stereocenters. The Morgan fingerprint density at radius 1 is 1.04 bits per heavy atom. The number of ketones is 1. The third-order valence-electron chi connectivity index (χ3n) is 3.96. The molecule has 134 valence electrons. The summed E-state index contributed by atoms with van der Waals surface area (Å²) in [5.74, 6) is -1.52. The van der Waals surface area contributed by atoms with Crippen LogP contribution in [0.4, 0.5) is 10.8 Å². The Kier molecular flexibility index (Phi) is 4.17.